The normalized spacial score (nSPS) is 11.3. The molecule has 0 saturated carbocycles. The molecule has 5 nitrogen and oxygen atoms in total. The van der Waals surface area contributed by atoms with E-state index in [1.807, 2.05) is 30.3 Å². The Morgan fingerprint density at radius 1 is 1.18 bits per heavy atom. The van der Waals surface area contributed by atoms with E-state index in [-0.39, 0.29) is 5.57 Å². The molecule has 1 N–H and O–H groups in total. The lowest BCUT2D eigenvalue weighted by molar-refractivity contribution is -0.112. The van der Waals surface area contributed by atoms with Gasteiger partial charge in [-0.05, 0) is 48.0 Å². The standard InChI is InChI=1S/C24H14BrCl2N3O2S/c25-17-3-1-14(2-4-17)22-8-6-19(32-22)10-16(12-28)23(31)30-24-29-13-20(33-24)11-15-9-18(26)5-7-21(15)27/h1-10,13H,11H2,(H,29,30,31). The summed E-state index contributed by atoms with van der Waals surface area (Å²) in [7, 11) is 0. The molecule has 2 aromatic heterocycles. The molecule has 0 radical (unpaired) electrons. The SMILES string of the molecule is N#CC(=Cc1ccc(-c2ccc(Br)cc2)o1)C(=O)Nc1ncc(Cc2cc(Cl)ccc2Cl)s1. The summed E-state index contributed by atoms with van der Waals surface area (Å²) in [5, 5.41) is 13.7. The van der Waals surface area contributed by atoms with Gasteiger partial charge in [0.15, 0.2) is 5.13 Å². The summed E-state index contributed by atoms with van der Waals surface area (Å²) in [6, 6.07) is 18.3. The third-order valence-corrected chi connectivity index (χ3v) is 6.60. The number of anilines is 1. The number of rotatable bonds is 6. The van der Waals surface area contributed by atoms with Gasteiger partial charge in [0, 0.05) is 43.7 Å². The number of carbonyl (C=O) groups excluding carboxylic acids is 1. The quantitative estimate of drug-likeness (QED) is 0.195. The highest BCUT2D eigenvalue weighted by Gasteiger charge is 2.14. The number of hydrogen-bond donors (Lipinski definition) is 1. The zero-order valence-corrected chi connectivity index (χ0v) is 20.7. The molecule has 164 valence electrons. The second-order valence-corrected chi connectivity index (χ2v) is 9.75. The van der Waals surface area contributed by atoms with E-state index < -0.39 is 5.91 Å². The zero-order chi connectivity index (χ0) is 23.4. The lowest BCUT2D eigenvalue weighted by Crippen LogP contribution is -2.13. The highest BCUT2D eigenvalue weighted by Crippen LogP contribution is 2.28. The van der Waals surface area contributed by atoms with Crippen molar-refractivity contribution < 1.29 is 9.21 Å². The average Bonchev–Trinajstić information content (AvgIpc) is 3.44. The van der Waals surface area contributed by atoms with Crippen molar-refractivity contribution in [2.75, 3.05) is 5.32 Å². The number of furan rings is 1. The van der Waals surface area contributed by atoms with Gasteiger partial charge in [-0.3, -0.25) is 10.1 Å². The van der Waals surface area contributed by atoms with Gasteiger partial charge >= 0.3 is 0 Å². The Hall–Kier alpha value is -2.89. The predicted molar refractivity (Wildman–Crippen MR) is 135 cm³/mol. The van der Waals surface area contributed by atoms with Crippen LogP contribution in [0.25, 0.3) is 17.4 Å². The molecule has 2 aromatic carbocycles. The van der Waals surface area contributed by atoms with Crippen LogP contribution in [0.2, 0.25) is 10.0 Å². The van der Waals surface area contributed by atoms with E-state index in [0.29, 0.717) is 33.1 Å². The van der Waals surface area contributed by atoms with Crippen molar-refractivity contribution in [3.8, 4) is 17.4 Å². The number of nitrogens with one attached hydrogen (secondary N) is 1. The molecular formula is C24H14BrCl2N3O2S. The zero-order valence-electron chi connectivity index (χ0n) is 16.8. The van der Waals surface area contributed by atoms with Crippen molar-refractivity contribution in [3.05, 3.63) is 97.1 Å². The highest BCUT2D eigenvalue weighted by molar-refractivity contribution is 9.10. The van der Waals surface area contributed by atoms with Crippen molar-refractivity contribution in [2.45, 2.75) is 6.42 Å². The van der Waals surface area contributed by atoms with Gasteiger partial charge in [0.2, 0.25) is 0 Å². The maximum atomic E-state index is 12.6. The summed E-state index contributed by atoms with van der Waals surface area (Å²) < 4.78 is 6.74. The topological polar surface area (TPSA) is 78.9 Å². The van der Waals surface area contributed by atoms with E-state index in [1.54, 1.807) is 36.5 Å². The van der Waals surface area contributed by atoms with Gasteiger partial charge in [-0.15, -0.1) is 11.3 Å². The largest absolute Gasteiger partial charge is 0.457 e. The van der Waals surface area contributed by atoms with Crippen LogP contribution in [0.15, 0.2) is 75.3 Å². The number of halogens is 3. The second kappa shape index (κ2) is 10.4. The van der Waals surface area contributed by atoms with Crippen LogP contribution in [-0.4, -0.2) is 10.9 Å². The molecule has 1 amide bonds. The van der Waals surface area contributed by atoms with Gasteiger partial charge in [0.25, 0.3) is 5.91 Å². The van der Waals surface area contributed by atoms with Crippen LogP contribution < -0.4 is 5.32 Å². The molecular weight excluding hydrogens is 545 g/mol. The van der Waals surface area contributed by atoms with Crippen molar-refractivity contribution in [1.29, 1.82) is 5.26 Å². The number of nitrogens with zero attached hydrogens (tertiary/aromatic N) is 2. The van der Waals surface area contributed by atoms with Gasteiger partial charge in [0.1, 0.15) is 23.2 Å². The molecule has 0 unspecified atom stereocenters. The van der Waals surface area contributed by atoms with Crippen LogP contribution in [0.5, 0.6) is 0 Å². The number of benzene rings is 2. The minimum atomic E-state index is -0.569. The Morgan fingerprint density at radius 3 is 2.73 bits per heavy atom. The summed E-state index contributed by atoms with van der Waals surface area (Å²) in [6.07, 6.45) is 3.58. The fourth-order valence-electron chi connectivity index (χ4n) is 2.97. The van der Waals surface area contributed by atoms with E-state index in [0.717, 1.165) is 20.5 Å². The lowest BCUT2D eigenvalue weighted by atomic mass is 10.1. The molecule has 2 heterocycles. The van der Waals surface area contributed by atoms with E-state index in [1.165, 1.54) is 17.4 Å². The van der Waals surface area contributed by atoms with E-state index in [2.05, 4.69) is 26.2 Å². The minimum absolute atomic E-state index is 0.0960. The molecule has 0 saturated heterocycles. The number of nitriles is 1. The fraction of sp³-hybridized carbons (Fsp3) is 0.0417. The van der Waals surface area contributed by atoms with Crippen LogP contribution in [0.4, 0.5) is 5.13 Å². The molecule has 0 aliphatic heterocycles. The predicted octanol–water partition coefficient (Wildman–Crippen LogP) is 7.61. The first-order valence-corrected chi connectivity index (χ1v) is 12.0. The molecule has 9 heteroatoms. The maximum Gasteiger partial charge on any atom is 0.268 e. The summed E-state index contributed by atoms with van der Waals surface area (Å²) in [5.41, 5.74) is 1.65. The van der Waals surface area contributed by atoms with E-state index in [4.69, 9.17) is 27.6 Å². The summed E-state index contributed by atoms with van der Waals surface area (Å²) in [4.78, 5) is 17.7. The molecule has 4 rings (SSSR count). The maximum absolute atomic E-state index is 12.6. The highest BCUT2D eigenvalue weighted by atomic mass is 79.9. The van der Waals surface area contributed by atoms with Crippen LogP contribution in [-0.2, 0) is 11.2 Å². The summed E-state index contributed by atoms with van der Waals surface area (Å²) in [5.74, 6) is 0.464. The molecule has 0 atom stereocenters. The van der Waals surface area contributed by atoms with Crippen molar-refractivity contribution in [3.63, 3.8) is 0 Å². The van der Waals surface area contributed by atoms with Gasteiger partial charge in [-0.1, -0.05) is 51.3 Å². The van der Waals surface area contributed by atoms with Gasteiger partial charge in [-0.25, -0.2) is 4.98 Å². The van der Waals surface area contributed by atoms with E-state index >= 15 is 0 Å². The number of aromatic nitrogens is 1. The number of thiazole rings is 1. The van der Waals surface area contributed by atoms with E-state index in [9.17, 15) is 10.1 Å². The Bertz CT molecular complexity index is 1390. The Balaban J connectivity index is 1.45. The Kier molecular flexibility index (Phi) is 7.31. The van der Waals surface area contributed by atoms with Crippen molar-refractivity contribution >= 4 is 67.6 Å². The first-order valence-electron chi connectivity index (χ1n) is 9.59. The third kappa shape index (κ3) is 5.92. The number of amides is 1. The molecule has 33 heavy (non-hydrogen) atoms. The first-order chi connectivity index (χ1) is 15.9. The molecule has 0 aliphatic carbocycles. The Labute approximate surface area is 212 Å². The molecule has 4 aromatic rings. The monoisotopic (exact) mass is 557 g/mol. The average molecular weight is 559 g/mol. The van der Waals surface area contributed by atoms with Gasteiger partial charge in [-0.2, -0.15) is 5.26 Å². The fourth-order valence-corrected chi connectivity index (χ4v) is 4.44. The van der Waals surface area contributed by atoms with Crippen LogP contribution >= 0.6 is 50.5 Å². The molecule has 0 fully saturated rings. The van der Waals surface area contributed by atoms with Gasteiger partial charge < -0.3 is 4.42 Å². The number of carbonyl (C=O) groups is 1. The lowest BCUT2D eigenvalue weighted by Gasteiger charge is -2.02. The number of hydrogen-bond acceptors (Lipinski definition) is 5. The second-order valence-electron chi connectivity index (χ2n) is 6.88. The first kappa shape index (κ1) is 23.3. The third-order valence-electron chi connectivity index (χ3n) is 4.55. The summed E-state index contributed by atoms with van der Waals surface area (Å²) in [6.45, 7) is 0. The van der Waals surface area contributed by atoms with Crippen LogP contribution in [0, 0.1) is 11.3 Å². The van der Waals surface area contributed by atoms with Crippen molar-refractivity contribution in [1.82, 2.24) is 4.98 Å². The van der Waals surface area contributed by atoms with Crippen LogP contribution in [0.3, 0.4) is 0 Å². The van der Waals surface area contributed by atoms with Crippen LogP contribution in [0.1, 0.15) is 16.2 Å². The molecule has 0 spiro atoms. The minimum Gasteiger partial charge on any atom is -0.457 e. The van der Waals surface area contributed by atoms with Crippen molar-refractivity contribution in [2.24, 2.45) is 0 Å². The molecule has 0 bridgehead atoms. The smallest absolute Gasteiger partial charge is 0.268 e. The van der Waals surface area contributed by atoms with Gasteiger partial charge in [0.05, 0.1) is 0 Å². The summed E-state index contributed by atoms with van der Waals surface area (Å²) >= 11 is 17.0. The molecule has 0 aliphatic rings. The Morgan fingerprint density at radius 2 is 1.97 bits per heavy atom.